The number of benzene rings is 1. The number of esters is 1. The van der Waals surface area contributed by atoms with Crippen molar-refractivity contribution in [2.45, 2.75) is 0 Å². The second kappa shape index (κ2) is 4.57. The third-order valence-corrected chi connectivity index (χ3v) is 2.87. The fourth-order valence-corrected chi connectivity index (χ4v) is 2.01. The number of pyridine rings is 1. The molecule has 0 atom stereocenters. The van der Waals surface area contributed by atoms with E-state index in [4.69, 9.17) is 9.15 Å². The summed E-state index contributed by atoms with van der Waals surface area (Å²) in [6.45, 7) is 0. The van der Waals surface area contributed by atoms with Gasteiger partial charge >= 0.3 is 5.97 Å². The molecule has 0 aliphatic heterocycles. The van der Waals surface area contributed by atoms with Crippen molar-refractivity contribution in [3.05, 3.63) is 54.2 Å². The number of ether oxygens (including phenoxy) is 1. The maximum absolute atomic E-state index is 12.0. The predicted molar refractivity (Wildman–Crippen MR) is 70.8 cm³/mol. The van der Waals surface area contributed by atoms with Crippen molar-refractivity contribution in [2.24, 2.45) is 0 Å². The lowest BCUT2D eigenvalue weighted by molar-refractivity contribution is 0.0603. The molecule has 0 saturated heterocycles. The Hall–Kier alpha value is -2.62. The second-order valence-corrected chi connectivity index (χ2v) is 4.01. The molecule has 0 aliphatic rings. The van der Waals surface area contributed by atoms with Crippen LogP contribution in [-0.4, -0.2) is 18.1 Å². The van der Waals surface area contributed by atoms with E-state index in [-0.39, 0.29) is 0 Å². The fourth-order valence-electron chi connectivity index (χ4n) is 2.01. The monoisotopic (exact) mass is 253 g/mol. The zero-order chi connectivity index (χ0) is 13.2. The average Bonchev–Trinajstić information content (AvgIpc) is 2.87. The Morgan fingerprint density at radius 1 is 1.16 bits per heavy atom. The summed E-state index contributed by atoms with van der Waals surface area (Å²) >= 11 is 0. The Morgan fingerprint density at radius 3 is 2.68 bits per heavy atom. The van der Waals surface area contributed by atoms with Gasteiger partial charge in [0.25, 0.3) is 0 Å². The molecule has 0 spiro atoms. The lowest BCUT2D eigenvalue weighted by Crippen LogP contribution is -2.02. The molecule has 3 rings (SSSR count). The molecular formula is C15H11NO3. The molecule has 4 nitrogen and oxygen atoms in total. The van der Waals surface area contributed by atoms with Crippen molar-refractivity contribution in [3.63, 3.8) is 0 Å². The van der Waals surface area contributed by atoms with Gasteiger partial charge in [0.05, 0.1) is 7.11 Å². The first kappa shape index (κ1) is 11.5. The molecule has 0 radical (unpaired) electrons. The van der Waals surface area contributed by atoms with E-state index in [0.29, 0.717) is 22.4 Å². The molecule has 1 aromatic carbocycles. The number of fused-ring (bicyclic) bond motifs is 1. The number of nitrogens with zero attached hydrogens (tertiary/aromatic N) is 1. The number of hydrogen-bond donors (Lipinski definition) is 0. The van der Waals surface area contributed by atoms with Gasteiger partial charge in [0, 0.05) is 11.8 Å². The summed E-state index contributed by atoms with van der Waals surface area (Å²) in [5.41, 5.74) is 2.28. The SMILES string of the molecule is COC(=O)c1c(-c2ccccc2)oc2cccnc12. The Morgan fingerprint density at radius 2 is 1.95 bits per heavy atom. The highest BCUT2D eigenvalue weighted by Crippen LogP contribution is 2.32. The van der Waals surface area contributed by atoms with E-state index in [1.165, 1.54) is 7.11 Å². The summed E-state index contributed by atoms with van der Waals surface area (Å²) in [5, 5.41) is 0. The first-order valence-corrected chi connectivity index (χ1v) is 5.82. The van der Waals surface area contributed by atoms with Crippen LogP contribution in [-0.2, 0) is 4.74 Å². The van der Waals surface area contributed by atoms with Crippen molar-refractivity contribution in [3.8, 4) is 11.3 Å². The van der Waals surface area contributed by atoms with Gasteiger partial charge in [0.15, 0.2) is 11.3 Å². The third-order valence-electron chi connectivity index (χ3n) is 2.87. The van der Waals surface area contributed by atoms with Crippen LogP contribution in [0.1, 0.15) is 10.4 Å². The molecule has 94 valence electrons. The van der Waals surface area contributed by atoms with Gasteiger partial charge in [-0.3, -0.25) is 4.98 Å². The number of furan rings is 1. The Labute approximate surface area is 109 Å². The summed E-state index contributed by atoms with van der Waals surface area (Å²) in [7, 11) is 1.35. The molecule has 0 amide bonds. The predicted octanol–water partition coefficient (Wildman–Crippen LogP) is 3.28. The highest BCUT2D eigenvalue weighted by molar-refractivity contribution is 6.07. The molecule has 0 N–H and O–H groups in total. The topological polar surface area (TPSA) is 52.3 Å². The molecule has 0 aliphatic carbocycles. The number of rotatable bonds is 2. The van der Waals surface area contributed by atoms with Crippen LogP contribution in [0.15, 0.2) is 53.1 Å². The number of hydrogen-bond acceptors (Lipinski definition) is 4. The van der Waals surface area contributed by atoms with E-state index < -0.39 is 5.97 Å². The highest BCUT2D eigenvalue weighted by atomic mass is 16.5. The molecule has 2 aromatic heterocycles. The zero-order valence-electron chi connectivity index (χ0n) is 10.3. The van der Waals surface area contributed by atoms with Gasteiger partial charge in [-0.1, -0.05) is 30.3 Å². The molecule has 4 heteroatoms. The molecular weight excluding hydrogens is 242 g/mol. The zero-order valence-corrected chi connectivity index (χ0v) is 10.3. The minimum absolute atomic E-state index is 0.365. The summed E-state index contributed by atoms with van der Waals surface area (Å²) in [4.78, 5) is 16.2. The average molecular weight is 253 g/mol. The summed E-state index contributed by atoms with van der Waals surface area (Å²) in [6, 6.07) is 13.0. The molecule has 0 fully saturated rings. The van der Waals surface area contributed by atoms with Crippen molar-refractivity contribution in [1.82, 2.24) is 4.98 Å². The largest absolute Gasteiger partial charge is 0.465 e. The van der Waals surface area contributed by atoms with Crippen molar-refractivity contribution >= 4 is 17.1 Å². The Bertz CT molecular complexity index is 731. The van der Waals surface area contributed by atoms with Crippen LogP contribution in [0, 0.1) is 0 Å². The van der Waals surface area contributed by atoms with E-state index in [9.17, 15) is 4.79 Å². The van der Waals surface area contributed by atoms with Crippen molar-refractivity contribution < 1.29 is 13.9 Å². The standard InChI is InChI=1S/C15H11NO3/c1-18-15(17)12-13-11(8-5-9-16-13)19-14(12)10-6-3-2-4-7-10/h2-9H,1H3. The maximum Gasteiger partial charge on any atom is 0.344 e. The minimum Gasteiger partial charge on any atom is -0.465 e. The quantitative estimate of drug-likeness (QED) is 0.658. The van der Waals surface area contributed by atoms with Crippen LogP contribution >= 0.6 is 0 Å². The van der Waals surface area contributed by atoms with E-state index in [0.717, 1.165) is 5.56 Å². The van der Waals surface area contributed by atoms with Crippen LogP contribution in [0.4, 0.5) is 0 Å². The fraction of sp³-hybridized carbons (Fsp3) is 0.0667. The van der Waals surface area contributed by atoms with E-state index in [1.807, 2.05) is 30.3 Å². The molecule has 0 bridgehead atoms. The molecule has 19 heavy (non-hydrogen) atoms. The van der Waals surface area contributed by atoms with Gasteiger partial charge in [-0.15, -0.1) is 0 Å². The third kappa shape index (κ3) is 1.87. The number of methoxy groups -OCH3 is 1. The normalized spacial score (nSPS) is 10.6. The van der Waals surface area contributed by atoms with Gasteiger partial charge in [-0.25, -0.2) is 4.79 Å². The molecule has 0 saturated carbocycles. The number of carbonyl (C=O) groups is 1. The number of aromatic nitrogens is 1. The molecule has 2 heterocycles. The summed E-state index contributed by atoms with van der Waals surface area (Å²) < 4.78 is 10.6. The van der Waals surface area contributed by atoms with Gasteiger partial charge in [0.1, 0.15) is 11.1 Å². The molecule has 3 aromatic rings. The van der Waals surface area contributed by atoms with Crippen LogP contribution in [0.2, 0.25) is 0 Å². The van der Waals surface area contributed by atoms with Crippen LogP contribution in [0.3, 0.4) is 0 Å². The maximum atomic E-state index is 12.0. The summed E-state index contributed by atoms with van der Waals surface area (Å²) in [6.07, 6.45) is 1.62. The lowest BCUT2D eigenvalue weighted by atomic mass is 10.1. The Kier molecular flexibility index (Phi) is 2.76. The number of carbonyl (C=O) groups excluding carboxylic acids is 1. The Balaban J connectivity index is 2.32. The van der Waals surface area contributed by atoms with Gasteiger partial charge in [-0.05, 0) is 12.1 Å². The lowest BCUT2D eigenvalue weighted by Gasteiger charge is -2.00. The van der Waals surface area contributed by atoms with Gasteiger partial charge in [-0.2, -0.15) is 0 Å². The first-order chi connectivity index (χ1) is 9.31. The van der Waals surface area contributed by atoms with E-state index in [2.05, 4.69) is 4.98 Å². The second-order valence-electron chi connectivity index (χ2n) is 4.01. The minimum atomic E-state index is -0.448. The van der Waals surface area contributed by atoms with Gasteiger partial charge < -0.3 is 9.15 Å². The smallest absolute Gasteiger partial charge is 0.344 e. The van der Waals surface area contributed by atoms with E-state index >= 15 is 0 Å². The van der Waals surface area contributed by atoms with Gasteiger partial charge in [0.2, 0.25) is 0 Å². The van der Waals surface area contributed by atoms with Crippen LogP contribution in [0.5, 0.6) is 0 Å². The van der Waals surface area contributed by atoms with Crippen molar-refractivity contribution in [2.75, 3.05) is 7.11 Å². The molecule has 0 unspecified atom stereocenters. The van der Waals surface area contributed by atoms with Crippen molar-refractivity contribution in [1.29, 1.82) is 0 Å². The van der Waals surface area contributed by atoms with E-state index in [1.54, 1.807) is 18.3 Å². The summed E-state index contributed by atoms with van der Waals surface area (Å²) in [5.74, 6) is 0.0393. The first-order valence-electron chi connectivity index (χ1n) is 5.82. The highest BCUT2D eigenvalue weighted by Gasteiger charge is 2.23. The van der Waals surface area contributed by atoms with Crippen LogP contribution in [0.25, 0.3) is 22.4 Å². The van der Waals surface area contributed by atoms with Crippen LogP contribution < -0.4 is 0 Å².